The number of rotatable bonds is 9. The Bertz CT molecular complexity index is 1250. The second-order valence-corrected chi connectivity index (χ2v) is 8.63. The molecule has 170 valence electrons. The van der Waals surface area contributed by atoms with Crippen molar-refractivity contribution >= 4 is 23.3 Å². The number of hydrogen-bond donors (Lipinski definition) is 1. The summed E-state index contributed by atoms with van der Waals surface area (Å²) >= 11 is 1.65. The van der Waals surface area contributed by atoms with Crippen LogP contribution < -0.4 is 4.74 Å². The van der Waals surface area contributed by atoms with E-state index in [1.54, 1.807) is 36.0 Å². The Morgan fingerprint density at radius 2 is 1.38 bits per heavy atom. The first-order valence-electron chi connectivity index (χ1n) is 10.8. The molecular formula is C29H23FO3S. The highest BCUT2D eigenvalue weighted by Gasteiger charge is 2.07. The quantitative estimate of drug-likeness (QED) is 0.263. The molecule has 4 aromatic carbocycles. The van der Waals surface area contributed by atoms with Gasteiger partial charge in [0.15, 0.2) is 6.61 Å². The van der Waals surface area contributed by atoms with Gasteiger partial charge in [-0.3, -0.25) is 0 Å². The van der Waals surface area contributed by atoms with Crippen LogP contribution in [0.15, 0.2) is 114 Å². The highest BCUT2D eigenvalue weighted by Crippen LogP contribution is 2.29. The van der Waals surface area contributed by atoms with Crippen LogP contribution in [0.3, 0.4) is 0 Å². The van der Waals surface area contributed by atoms with E-state index in [1.165, 1.54) is 12.1 Å². The molecule has 0 aliphatic heterocycles. The first kappa shape index (κ1) is 23.3. The molecule has 0 saturated heterocycles. The lowest BCUT2D eigenvalue weighted by Gasteiger charge is -2.11. The molecular weight excluding hydrogens is 447 g/mol. The Hall–Kier alpha value is -3.83. The topological polar surface area (TPSA) is 46.5 Å². The predicted molar refractivity (Wildman–Crippen MR) is 136 cm³/mol. The minimum Gasteiger partial charge on any atom is -0.482 e. The van der Waals surface area contributed by atoms with Crippen LogP contribution in [0.4, 0.5) is 4.39 Å². The Labute approximate surface area is 202 Å². The van der Waals surface area contributed by atoms with Crippen molar-refractivity contribution in [3.05, 3.63) is 126 Å². The zero-order valence-electron chi connectivity index (χ0n) is 18.4. The molecule has 0 aliphatic carbocycles. The molecule has 0 bridgehead atoms. The fourth-order valence-electron chi connectivity index (χ4n) is 3.50. The minimum absolute atomic E-state index is 0.262. The summed E-state index contributed by atoms with van der Waals surface area (Å²) in [5.41, 5.74) is 5.35. The van der Waals surface area contributed by atoms with Gasteiger partial charge in [-0.2, -0.15) is 0 Å². The second-order valence-electron chi connectivity index (χ2n) is 7.53. The van der Waals surface area contributed by atoms with Gasteiger partial charge in [0.05, 0.1) is 0 Å². The summed E-state index contributed by atoms with van der Waals surface area (Å²) < 4.78 is 18.7. The summed E-state index contributed by atoms with van der Waals surface area (Å²) in [5, 5.41) is 8.72. The van der Waals surface area contributed by atoms with Gasteiger partial charge in [-0.25, -0.2) is 9.18 Å². The Morgan fingerprint density at radius 3 is 2.00 bits per heavy atom. The number of ether oxygens (including phenoxy) is 1. The normalized spacial score (nSPS) is 11.3. The number of thioether (sulfide) groups is 1. The lowest BCUT2D eigenvalue weighted by atomic mass is 9.95. The lowest BCUT2D eigenvalue weighted by molar-refractivity contribution is -0.139. The molecule has 0 heterocycles. The van der Waals surface area contributed by atoms with Crippen LogP contribution in [-0.4, -0.2) is 23.4 Å². The van der Waals surface area contributed by atoms with E-state index in [0.29, 0.717) is 11.5 Å². The van der Waals surface area contributed by atoms with Gasteiger partial charge in [-0.15, -0.1) is 11.8 Å². The SMILES string of the molecule is O=C(O)COc1ccc(SC/C=C(\c2ccc(F)cc2)c2ccc(-c3ccccc3)cc2)cc1. The van der Waals surface area contributed by atoms with Crippen molar-refractivity contribution in [1.29, 1.82) is 0 Å². The van der Waals surface area contributed by atoms with Crippen molar-refractivity contribution in [2.24, 2.45) is 0 Å². The summed E-state index contributed by atoms with van der Waals surface area (Å²) in [4.78, 5) is 11.7. The maximum atomic E-state index is 13.5. The number of carboxylic acids is 1. The third-order valence-corrected chi connectivity index (χ3v) is 6.12. The lowest BCUT2D eigenvalue weighted by Crippen LogP contribution is -2.09. The molecule has 0 aromatic heterocycles. The molecule has 34 heavy (non-hydrogen) atoms. The van der Waals surface area contributed by atoms with Gasteiger partial charge in [-0.05, 0) is 64.2 Å². The number of hydrogen-bond acceptors (Lipinski definition) is 3. The average molecular weight is 471 g/mol. The van der Waals surface area contributed by atoms with Gasteiger partial charge >= 0.3 is 5.97 Å². The maximum absolute atomic E-state index is 13.5. The van der Waals surface area contributed by atoms with Crippen molar-refractivity contribution in [2.75, 3.05) is 12.4 Å². The molecule has 0 radical (unpaired) electrons. The zero-order chi connectivity index (χ0) is 23.8. The number of aliphatic carboxylic acids is 1. The smallest absolute Gasteiger partial charge is 0.341 e. The minimum atomic E-state index is -1.01. The second kappa shape index (κ2) is 11.3. The maximum Gasteiger partial charge on any atom is 0.341 e. The van der Waals surface area contributed by atoms with Crippen LogP contribution in [0.5, 0.6) is 5.75 Å². The zero-order valence-corrected chi connectivity index (χ0v) is 19.2. The van der Waals surface area contributed by atoms with Crippen molar-refractivity contribution in [2.45, 2.75) is 4.90 Å². The summed E-state index contributed by atoms with van der Waals surface area (Å²) in [7, 11) is 0. The molecule has 0 aliphatic rings. The van der Waals surface area contributed by atoms with Gasteiger partial charge in [0.25, 0.3) is 0 Å². The molecule has 0 saturated carbocycles. The highest BCUT2D eigenvalue weighted by atomic mass is 32.2. The third kappa shape index (κ3) is 6.36. The van der Waals surface area contributed by atoms with Crippen LogP contribution in [0.1, 0.15) is 11.1 Å². The summed E-state index contributed by atoms with van der Waals surface area (Å²) in [6.07, 6.45) is 2.14. The van der Waals surface area contributed by atoms with E-state index in [-0.39, 0.29) is 12.4 Å². The Morgan fingerprint density at radius 1 is 0.794 bits per heavy atom. The van der Waals surface area contributed by atoms with E-state index in [9.17, 15) is 9.18 Å². The van der Waals surface area contributed by atoms with Crippen molar-refractivity contribution < 1.29 is 19.0 Å². The number of benzene rings is 4. The fraction of sp³-hybridized carbons (Fsp3) is 0.0690. The largest absolute Gasteiger partial charge is 0.482 e. The van der Waals surface area contributed by atoms with Gasteiger partial charge in [0.2, 0.25) is 0 Å². The molecule has 5 heteroatoms. The van der Waals surface area contributed by atoms with Crippen LogP contribution in [0, 0.1) is 5.82 Å². The van der Waals surface area contributed by atoms with Crippen LogP contribution in [-0.2, 0) is 4.79 Å². The van der Waals surface area contributed by atoms with E-state index < -0.39 is 5.97 Å². The summed E-state index contributed by atoms with van der Waals surface area (Å²) in [5.74, 6) is -0.0359. The first-order chi connectivity index (χ1) is 16.6. The molecule has 4 aromatic rings. The van der Waals surface area contributed by atoms with Crippen molar-refractivity contribution in [3.63, 3.8) is 0 Å². The van der Waals surface area contributed by atoms with Crippen LogP contribution >= 0.6 is 11.8 Å². The van der Waals surface area contributed by atoms with E-state index in [1.807, 2.05) is 30.3 Å². The Kier molecular flexibility index (Phi) is 7.79. The van der Waals surface area contributed by atoms with Gasteiger partial charge in [0.1, 0.15) is 11.6 Å². The molecule has 0 spiro atoms. The average Bonchev–Trinajstić information content (AvgIpc) is 2.87. The highest BCUT2D eigenvalue weighted by molar-refractivity contribution is 7.99. The molecule has 1 N–H and O–H groups in total. The van der Waals surface area contributed by atoms with Crippen LogP contribution in [0.2, 0.25) is 0 Å². The molecule has 0 fully saturated rings. The summed E-state index contributed by atoms with van der Waals surface area (Å²) in [6.45, 7) is -0.362. The van der Waals surface area contributed by atoms with E-state index >= 15 is 0 Å². The van der Waals surface area contributed by atoms with E-state index in [0.717, 1.165) is 32.7 Å². The number of carboxylic acid groups (broad SMARTS) is 1. The van der Waals surface area contributed by atoms with Gasteiger partial charge in [-0.1, -0.05) is 72.8 Å². The van der Waals surface area contributed by atoms with Crippen molar-refractivity contribution in [3.8, 4) is 16.9 Å². The van der Waals surface area contributed by atoms with E-state index in [4.69, 9.17) is 9.84 Å². The third-order valence-electron chi connectivity index (χ3n) is 5.18. The standard InChI is InChI=1S/C29H23FO3S/c30-25-12-10-24(11-13-25)28(23-8-6-22(7-9-23)21-4-2-1-3-5-21)18-19-34-27-16-14-26(15-17-27)33-20-29(31)32/h1-18H,19-20H2,(H,31,32)/b28-18-. The molecule has 0 unspecified atom stereocenters. The first-order valence-corrected chi connectivity index (χ1v) is 11.8. The molecule has 0 atom stereocenters. The predicted octanol–water partition coefficient (Wildman–Crippen LogP) is 7.18. The Balaban J connectivity index is 1.52. The monoisotopic (exact) mass is 470 g/mol. The molecule has 0 amide bonds. The van der Waals surface area contributed by atoms with Gasteiger partial charge < -0.3 is 9.84 Å². The number of halogens is 1. The molecule has 4 rings (SSSR count). The van der Waals surface area contributed by atoms with Crippen LogP contribution in [0.25, 0.3) is 16.7 Å². The van der Waals surface area contributed by atoms with Gasteiger partial charge in [0, 0.05) is 10.6 Å². The van der Waals surface area contributed by atoms with Crippen molar-refractivity contribution in [1.82, 2.24) is 0 Å². The molecule has 3 nitrogen and oxygen atoms in total. The number of carbonyl (C=O) groups is 1. The fourth-order valence-corrected chi connectivity index (χ4v) is 4.27. The van der Waals surface area contributed by atoms with E-state index in [2.05, 4.69) is 42.5 Å². The summed E-state index contributed by atoms with van der Waals surface area (Å²) in [6, 6.07) is 32.5.